The molecular formula is C22H34N2O2. The minimum Gasteiger partial charge on any atom is -0.396 e. The van der Waals surface area contributed by atoms with Gasteiger partial charge in [-0.05, 0) is 87.2 Å². The fraction of sp³-hybridized carbons (Fsp3) is 0.682. The lowest BCUT2D eigenvalue weighted by molar-refractivity contribution is -0.139. The van der Waals surface area contributed by atoms with Crippen LogP contribution >= 0.6 is 0 Å². The average molecular weight is 359 g/mol. The molecule has 0 radical (unpaired) electrons. The number of hydrogen-bond acceptors (Lipinski definition) is 3. The van der Waals surface area contributed by atoms with Crippen LogP contribution in [0.15, 0.2) is 12.1 Å². The average Bonchev–Trinajstić information content (AvgIpc) is 2.62. The van der Waals surface area contributed by atoms with E-state index >= 15 is 0 Å². The number of rotatable bonds is 5. The monoisotopic (exact) mass is 358 g/mol. The Hall–Kier alpha value is -1.39. The molecule has 0 aliphatic carbocycles. The fourth-order valence-electron chi connectivity index (χ4n) is 4.59. The summed E-state index contributed by atoms with van der Waals surface area (Å²) in [6.45, 7) is 11.6. The van der Waals surface area contributed by atoms with Crippen molar-refractivity contribution >= 4 is 5.91 Å². The lowest BCUT2D eigenvalue weighted by atomic mass is 9.72. The topological polar surface area (TPSA) is 43.8 Å². The highest BCUT2D eigenvalue weighted by atomic mass is 16.3. The summed E-state index contributed by atoms with van der Waals surface area (Å²) in [5.74, 6) is 0.275. The number of carbonyl (C=O) groups is 1. The number of aliphatic hydroxyl groups is 1. The van der Waals surface area contributed by atoms with E-state index < -0.39 is 0 Å². The molecule has 2 fully saturated rings. The number of benzene rings is 1. The van der Waals surface area contributed by atoms with E-state index in [1.165, 1.54) is 35.1 Å². The molecule has 0 atom stereocenters. The van der Waals surface area contributed by atoms with Crippen molar-refractivity contribution in [2.45, 2.75) is 59.4 Å². The molecule has 0 bridgehead atoms. The van der Waals surface area contributed by atoms with Crippen LogP contribution in [0.1, 0.15) is 54.4 Å². The maximum Gasteiger partial charge on any atom is 0.222 e. The fourth-order valence-corrected chi connectivity index (χ4v) is 4.59. The van der Waals surface area contributed by atoms with E-state index in [4.69, 9.17) is 5.11 Å². The normalized spacial score (nSPS) is 20.8. The van der Waals surface area contributed by atoms with Crippen LogP contribution in [0.5, 0.6) is 0 Å². The number of amides is 1. The summed E-state index contributed by atoms with van der Waals surface area (Å²) in [4.78, 5) is 16.7. The molecule has 4 nitrogen and oxygen atoms in total. The van der Waals surface area contributed by atoms with Gasteiger partial charge in [0.25, 0.3) is 0 Å². The van der Waals surface area contributed by atoms with Crippen molar-refractivity contribution in [1.29, 1.82) is 0 Å². The highest BCUT2D eigenvalue weighted by Crippen LogP contribution is 2.40. The first-order valence-corrected chi connectivity index (χ1v) is 10.1. The Kier molecular flexibility index (Phi) is 6.03. The minimum absolute atomic E-state index is 0.167. The van der Waals surface area contributed by atoms with Crippen molar-refractivity contribution in [2.24, 2.45) is 5.41 Å². The van der Waals surface area contributed by atoms with E-state index in [-0.39, 0.29) is 12.5 Å². The van der Waals surface area contributed by atoms with Crippen molar-refractivity contribution in [1.82, 2.24) is 9.80 Å². The lowest BCUT2D eigenvalue weighted by Gasteiger charge is -2.47. The molecule has 1 aromatic carbocycles. The van der Waals surface area contributed by atoms with Gasteiger partial charge in [-0.2, -0.15) is 0 Å². The smallest absolute Gasteiger partial charge is 0.222 e. The molecule has 144 valence electrons. The van der Waals surface area contributed by atoms with Gasteiger partial charge in [0.05, 0.1) is 0 Å². The summed E-state index contributed by atoms with van der Waals surface area (Å²) < 4.78 is 0. The van der Waals surface area contributed by atoms with Crippen LogP contribution in [0, 0.1) is 26.2 Å². The van der Waals surface area contributed by atoms with Gasteiger partial charge in [0.15, 0.2) is 0 Å². The molecule has 1 spiro atoms. The SMILES string of the molecule is Cc1cc(C)c(CN2CCC3(CCC(=O)N(CCCO)C3)CC2)cc1C. The largest absolute Gasteiger partial charge is 0.396 e. The number of nitrogens with zero attached hydrogens (tertiary/aromatic N) is 2. The standard InChI is InChI=1S/C22H34N2O2/c1-17-13-19(3)20(14-18(17)2)15-23-10-7-22(8-11-23)6-5-21(26)24(16-22)9-4-12-25/h13-14,25H,4-12,15-16H2,1-3H3. The van der Waals surface area contributed by atoms with Crippen LogP contribution in [0.4, 0.5) is 0 Å². The molecule has 2 aliphatic heterocycles. The van der Waals surface area contributed by atoms with Gasteiger partial charge in [0.1, 0.15) is 0 Å². The van der Waals surface area contributed by atoms with Gasteiger partial charge in [-0.25, -0.2) is 0 Å². The van der Waals surface area contributed by atoms with E-state index in [2.05, 4.69) is 37.8 Å². The molecule has 2 saturated heterocycles. The zero-order chi connectivity index (χ0) is 18.7. The highest BCUT2D eigenvalue weighted by Gasteiger charge is 2.40. The van der Waals surface area contributed by atoms with Crippen LogP contribution in [0.25, 0.3) is 0 Å². The van der Waals surface area contributed by atoms with Crippen LogP contribution in [0.2, 0.25) is 0 Å². The van der Waals surface area contributed by atoms with E-state index in [1.807, 2.05) is 4.90 Å². The van der Waals surface area contributed by atoms with Gasteiger partial charge >= 0.3 is 0 Å². The summed E-state index contributed by atoms with van der Waals surface area (Å²) in [5, 5.41) is 9.07. The molecule has 3 rings (SSSR count). The summed E-state index contributed by atoms with van der Waals surface area (Å²) in [6.07, 6.45) is 4.78. The predicted octanol–water partition coefficient (Wildman–Crippen LogP) is 3.20. The molecule has 2 aliphatic rings. The van der Waals surface area contributed by atoms with Crippen LogP contribution in [-0.2, 0) is 11.3 Å². The Morgan fingerprint density at radius 2 is 1.73 bits per heavy atom. The first kappa shape index (κ1) is 19.4. The second-order valence-corrected chi connectivity index (χ2v) is 8.53. The quantitative estimate of drug-likeness (QED) is 0.879. The molecule has 0 unspecified atom stereocenters. The highest BCUT2D eigenvalue weighted by molar-refractivity contribution is 5.77. The van der Waals surface area contributed by atoms with Crippen LogP contribution in [0.3, 0.4) is 0 Å². The predicted molar refractivity (Wildman–Crippen MR) is 105 cm³/mol. The Balaban J connectivity index is 1.58. The number of aryl methyl sites for hydroxylation is 3. The summed E-state index contributed by atoms with van der Waals surface area (Å²) in [7, 11) is 0. The van der Waals surface area contributed by atoms with Crippen molar-refractivity contribution < 1.29 is 9.90 Å². The van der Waals surface area contributed by atoms with E-state index in [1.54, 1.807) is 0 Å². The number of carbonyl (C=O) groups excluding carboxylic acids is 1. The number of likely N-dealkylation sites (tertiary alicyclic amines) is 2. The summed E-state index contributed by atoms with van der Waals surface area (Å²) >= 11 is 0. The molecule has 0 saturated carbocycles. The summed E-state index contributed by atoms with van der Waals surface area (Å²) in [6, 6.07) is 4.66. The molecule has 1 N–H and O–H groups in total. The van der Waals surface area contributed by atoms with E-state index in [0.29, 0.717) is 24.8 Å². The Morgan fingerprint density at radius 3 is 2.42 bits per heavy atom. The number of aliphatic hydroxyl groups excluding tert-OH is 1. The van der Waals surface area contributed by atoms with Gasteiger partial charge in [0, 0.05) is 32.7 Å². The van der Waals surface area contributed by atoms with Crippen molar-refractivity contribution in [3.05, 3.63) is 34.4 Å². The van der Waals surface area contributed by atoms with Crippen molar-refractivity contribution in [3.63, 3.8) is 0 Å². The van der Waals surface area contributed by atoms with Gasteiger partial charge < -0.3 is 10.0 Å². The Bertz CT molecular complexity index is 648. The Morgan fingerprint density at radius 1 is 1.04 bits per heavy atom. The third-order valence-corrected chi connectivity index (χ3v) is 6.60. The zero-order valence-electron chi connectivity index (χ0n) is 16.7. The zero-order valence-corrected chi connectivity index (χ0v) is 16.7. The third-order valence-electron chi connectivity index (χ3n) is 6.60. The lowest BCUT2D eigenvalue weighted by Crippen LogP contribution is -2.51. The Labute approximate surface area is 158 Å². The molecule has 26 heavy (non-hydrogen) atoms. The first-order valence-electron chi connectivity index (χ1n) is 10.1. The van der Waals surface area contributed by atoms with Gasteiger partial charge in [-0.15, -0.1) is 0 Å². The third kappa shape index (κ3) is 4.29. The molecule has 4 heteroatoms. The van der Waals surface area contributed by atoms with Gasteiger partial charge in [-0.3, -0.25) is 9.69 Å². The maximum atomic E-state index is 12.2. The summed E-state index contributed by atoms with van der Waals surface area (Å²) in [5.41, 5.74) is 5.90. The second-order valence-electron chi connectivity index (χ2n) is 8.53. The minimum atomic E-state index is 0.167. The molecule has 1 aromatic rings. The maximum absolute atomic E-state index is 12.2. The van der Waals surface area contributed by atoms with Gasteiger partial charge in [0.2, 0.25) is 5.91 Å². The molecule has 1 amide bonds. The second kappa shape index (κ2) is 8.10. The van der Waals surface area contributed by atoms with Crippen molar-refractivity contribution in [2.75, 3.05) is 32.8 Å². The number of piperidine rings is 2. The van der Waals surface area contributed by atoms with Crippen LogP contribution in [-0.4, -0.2) is 53.6 Å². The van der Waals surface area contributed by atoms with Crippen LogP contribution < -0.4 is 0 Å². The number of hydrogen-bond donors (Lipinski definition) is 1. The molecule has 2 heterocycles. The molecule has 0 aromatic heterocycles. The van der Waals surface area contributed by atoms with E-state index in [0.717, 1.165) is 32.6 Å². The van der Waals surface area contributed by atoms with E-state index in [9.17, 15) is 4.79 Å². The first-order chi connectivity index (χ1) is 12.4. The van der Waals surface area contributed by atoms with Crippen molar-refractivity contribution in [3.8, 4) is 0 Å². The molecular weight excluding hydrogens is 324 g/mol. The van der Waals surface area contributed by atoms with Gasteiger partial charge in [-0.1, -0.05) is 12.1 Å².